The normalized spacial score (nSPS) is 13.0. The fraction of sp³-hybridized carbons (Fsp3) is 0.0417. The van der Waals surface area contributed by atoms with E-state index in [9.17, 15) is 0 Å². The Morgan fingerprint density at radius 3 is 1.82 bits per heavy atom. The van der Waals surface area contributed by atoms with Crippen LogP contribution in [-0.4, -0.2) is 34.1 Å². The Morgan fingerprint density at radius 1 is 0.491 bits per heavy atom. The van der Waals surface area contributed by atoms with E-state index in [0.717, 1.165) is 85.4 Å². The maximum atomic E-state index is 5.52. The summed E-state index contributed by atoms with van der Waals surface area (Å²) in [6.45, 7) is 0. The lowest BCUT2D eigenvalue weighted by Gasteiger charge is -2.13. The highest BCUT2D eigenvalue weighted by Crippen LogP contribution is 2.41. The molecule has 1 aliphatic rings. The molecule has 11 rings (SSSR count). The fourth-order valence-electron chi connectivity index (χ4n) is 7.96. The molecule has 10 aromatic rings. The first-order valence-electron chi connectivity index (χ1n) is 18.6. The van der Waals surface area contributed by atoms with Gasteiger partial charge in [-0.1, -0.05) is 133 Å². The molecule has 0 amide bonds. The van der Waals surface area contributed by atoms with E-state index in [2.05, 4.69) is 123 Å². The molecule has 0 unspecified atom stereocenters. The summed E-state index contributed by atoms with van der Waals surface area (Å²) in [5.74, 6) is 2.77. The first kappa shape index (κ1) is 31.2. The number of fused-ring (bicyclic) bond motifs is 6. The Hall–Kier alpha value is -7.38. The maximum absolute atomic E-state index is 5.52. The number of aromatic nitrogens is 7. The van der Waals surface area contributed by atoms with Crippen LogP contribution in [0.15, 0.2) is 170 Å². The Bertz CT molecular complexity index is 3080. The van der Waals surface area contributed by atoms with Gasteiger partial charge < -0.3 is 4.98 Å². The molecule has 7 nitrogen and oxygen atoms in total. The highest BCUT2D eigenvalue weighted by Gasteiger charge is 2.25. The van der Waals surface area contributed by atoms with E-state index >= 15 is 0 Å². The number of para-hydroxylation sites is 1. The lowest BCUT2D eigenvalue weighted by Crippen LogP contribution is -2.01. The van der Waals surface area contributed by atoms with E-state index in [1.165, 1.54) is 10.8 Å². The monoisotopic (exact) mass is 709 g/mol. The second-order valence-electron chi connectivity index (χ2n) is 13.9. The molecule has 0 saturated carbocycles. The lowest BCUT2D eigenvalue weighted by molar-refractivity contribution is 1.01. The van der Waals surface area contributed by atoms with Crippen molar-refractivity contribution in [3.63, 3.8) is 0 Å². The molecular formula is C48H35N7. The van der Waals surface area contributed by atoms with Crippen LogP contribution in [0.5, 0.6) is 0 Å². The van der Waals surface area contributed by atoms with Gasteiger partial charge in [0.25, 0.3) is 0 Å². The number of imidazole rings is 1. The zero-order valence-corrected chi connectivity index (χ0v) is 29.8. The summed E-state index contributed by atoms with van der Waals surface area (Å²) in [5, 5.41) is 3.52. The van der Waals surface area contributed by atoms with Crippen molar-refractivity contribution in [2.24, 2.45) is 0 Å². The molecule has 1 N–H and O–H groups in total. The van der Waals surface area contributed by atoms with Crippen molar-refractivity contribution in [2.75, 3.05) is 0 Å². The van der Waals surface area contributed by atoms with Gasteiger partial charge in [-0.3, -0.25) is 9.13 Å². The molecule has 0 fully saturated rings. The fourth-order valence-corrected chi connectivity index (χ4v) is 7.96. The quantitative estimate of drug-likeness (QED) is 0.186. The van der Waals surface area contributed by atoms with Gasteiger partial charge in [-0.25, -0.2) is 19.9 Å². The molecule has 7 heteroatoms. The molecule has 0 radical (unpaired) electrons. The highest BCUT2D eigenvalue weighted by atomic mass is 15.2. The number of nitrogens with one attached hydrogen (secondary N) is 1. The van der Waals surface area contributed by atoms with Crippen molar-refractivity contribution in [3.05, 3.63) is 170 Å². The van der Waals surface area contributed by atoms with E-state index in [1.807, 2.05) is 60.7 Å². The zero-order valence-electron chi connectivity index (χ0n) is 29.8. The van der Waals surface area contributed by atoms with Crippen molar-refractivity contribution in [1.82, 2.24) is 34.1 Å². The predicted molar refractivity (Wildman–Crippen MR) is 226 cm³/mol. The summed E-state index contributed by atoms with van der Waals surface area (Å²) >= 11 is 0. The van der Waals surface area contributed by atoms with E-state index in [-0.39, 0.29) is 1.43 Å². The van der Waals surface area contributed by atoms with Crippen molar-refractivity contribution < 1.29 is 1.43 Å². The molecule has 4 heterocycles. The molecule has 0 spiro atoms. The van der Waals surface area contributed by atoms with E-state index in [0.29, 0.717) is 17.5 Å². The van der Waals surface area contributed by atoms with Crippen LogP contribution in [0.4, 0.5) is 0 Å². The number of rotatable bonds is 6. The van der Waals surface area contributed by atoms with Gasteiger partial charge >= 0.3 is 0 Å². The molecule has 55 heavy (non-hydrogen) atoms. The summed E-state index contributed by atoms with van der Waals surface area (Å²) in [5.41, 5.74) is 11.1. The molecule has 0 atom stereocenters. The predicted octanol–water partition coefficient (Wildman–Crippen LogP) is 11.9. The average molecular weight is 710 g/mol. The van der Waals surface area contributed by atoms with Gasteiger partial charge in [0.15, 0.2) is 23.1 Å². The summed E-state index contributed by atoms with van der Waals surface area (Å²) < 4.78 is 4.65. The standard InChI is InChI=1S/C48H33N7.H2/c1-5-16-31(17-6-1)44-50-45(32-18-7-2-8-19-32)52-46(51-44)34-22-15-25-36(28-34)54-42-30-41-38(37-26-13-14-27-40(37)49-41)29-39(42)43-48(54)53-47(33-20-9-3-10-21-33)55(43)35-23-11-4-12-24-35;/h1-3,5-11,13-30,49H,4,12H2;1H. The summed E-state index contributed by atoms with van der Waals surface area (Å²) in [6, 6.07) is 52.3. The van der Waals surface area contributed by atoms with E-state index in [1.54, 1.807) is 0 Å². The van der Waals surface area contributed by atoms with Crippen molar-refractivity contribution in [2.45, 2.75) is 12.8 Å². The molecule has 0 aliphatic heterocycles. The molecule has 0 saturated heterocycles. The topological polar surface area (TPSA) is 77.2 Å². The third-order valence-electron chi connectivity index (χ3n) is 10.5. The number of nitrogens with zero attached hydrogens (tertiary/aromatic N) is 6. The Labute approximate surface area is 318 Å². The van der Waals surface area contributed by atoms with Gasteiger partial charge in [0.1, 0.15) is 11.3 Å². The Kier molecular flexibility index (Phi) is 7.16. The van der Waals surface area contributed by atoms with E-state index in [4.69, 9.17) is 19.9 Å². The van der Waals surface area contributed by atoms with E-state index < -0.39 is 0 Å². The minimum atomic E-state index is 0. The van der Waals surface area contributed by atoms with Gasteiger partial charge in [-0.2, -0.15) is 0 Å². The molecule has 6 aromatic carbocycles. The number of hydrogen-bond acceptors (Lipinski definition) is 4. The van der Waals surface area contributed by atoms with Crippen LogP contribution >= 0.6 is 0 Å². The molecular weight excluding hydrogens is 675 g/mol. The molecule has 1 aliphatic carbocycles. The third kappa shape index (κ3) is 5.20. The van der Waals surface area contributed by atoms with Crippen molar-refractivity contribution >= 4 is 49.6 Å². The van der Waals surface area contributed by atoms with Crippen LogP contribution in [0.1, 0.15) is 14.3 Å². The number of allylic oxidation sites excluding steroid dienone is 4. The maximum Gasteiger partial charge on any atom is 0.165 e. The molecule has 0 bridgehead atoms. The SMILES string of the molecule is C1=CC(n2c(-c3ccccc3)nc3c2c2cc4c(cc2n3-c2cccc(-c3nc(-c5ccccc5)nc(-c5ccccc5)n3)c2)[nH]c2ccccc24)=CCC1.[HH]. The second-order valence-corrected chi connectivity index (χ2v) is 13.9. The van der Waals surface area contributed by atoms with Gasteiger partial charge in [0.05, 0.1) is 5.52 Å². The summed E-state index contributed by atoms with van der Waals surface area (Å²) in [7, 11) is 0. The third-order valence-corrected chi connectivity index (χ3v) is 10.5. The van der Waals surface area contributed by atoms with Crippen molar-refractivity contribution in [3.8, 4) is 51.2 Å². The van der Waals surface area contributed by atoms with Crippen LogP contribution in [0, 0.1) is 0 Å². The van der Waals surface area contributed by atoms with Gasteiger partial charge in [0, 0.05) is 62.3 Å². The molecule has 262 valence electrons. The van der Waals surface area contributed by atoms with Crippen LogP contribution in [-0.2, 0) is 0 Å². The smallest absolute Gasteiger partial charge is 0.165 e. The first-order valence-corrected chi connectivity index (χ1v) is 18.6. The van der Waals surface area contributed by atoms with Gasteiger partial charge in [0.2, 0.25) is 0 Å². The largest absolute Gasteiger partial charge is 0.354 e. The number of H-pyrrole nitrogens is 1. The minimum Gasteiger partial charge on any atom is -0.354 e. The highest BCUT2D eigenvalue weighted by molar-refractivity contribution is 6.18. The minimum absolute atomic E-state index is 0. The van der Waals surface area contributed by atoms with Gasteiger partial charge in [-0.15, -0.1) is 0 Å². The number of aromatic amines is 1. The average Bonchev–Trinajstić information content (AvgIpc) is 3.92. The Balaban J connectivity index is 0.00000384. The molecule has 4 aromatic heterocycles. The second kappa shape index (κ2) is 12.6. The number of hydrogen-bond donors (Lipinski definition) is 1. The van der Waals surface area contributed by atoms with Crippen molar-refractivity contribution in [1.29, 1.82) is 0 Å². The van der Waals surface area contributed by atoms with Crippen LogP contribution in [0.3, 0.4) is 0 Å². The summed E-state index contributed by atoms with van der Waals surface area (Å²) in [4.78, 5) is 24.3. The van der Waals surface area contributed by atoms with Crippen LogP contribution in [0.2, 0.25) is 0 Å². The Morgan fingerprint density at radius 2 is 1.13 bits per heavy atom. The zero-order chi connectivity index (χ0) is 36.3. The summed E-state index contributed by atoms with van der Waals surface area (Å²) in [6.07, 6.45) is 8.84. The number of benzene rings is 6. The van der Waals surface area contributed by atoms with Gasteiger partial charge in [-0.05, 0) is 49.2 Å². The lowest BCUT2D eigenvalue weighted by atomic mass is 10.1. The first-order chi connectivity index (χ1) is 27.3. The van der Waals surface area contributed by atoms with Crippen LogP contribution in [0.25, 0.3) is 101 Å². The van der Waals surface area contributed by atoms with Crippen LogP contribution < -0.4 is 0 Å².